The van der Waals surface area contributed by atoms with Crippen LogP contribution >= 0.6 is 0 Å². The van der Waals surface area contributed by atoms with Crippen molar-refractivity contribution in [3.63, 3.8) is 0 Å². The number of carbonyl (C=O) groups excluding carboxylic acids is 1. The van der Waals surface area contributed by atoms with Gasteiger partial charge >= 0.3 is 0 Å². The first-order chi connectivity index (χ1) is 9.22. The molecule has 0 aromatic rings. The summed E-state index contributed by atoms with van der Waals surface area (Å²) in [7, 11) is 0. The quantitative estimate of drug-likeness (QED) is 0.808. The fourth-order valence-electron chi connectivity index (χ4n) is 3.50. The molecule has 3 unspecified atom stereocenters. The summed E-state index contributed by atoms with van der Waals surface area (Å²) in [6.45, 7) is 5.98. The van der Waals surface area contributed by atoms with E-state index in [9.17, 15) is 4.79 Å². The summed E-state index contributed by atoms with van der Waals surface area (Å²) in [5.41, 5.74) is 5.80. The van der Waals surface area contributed by atoms with Crippen molar-refractivity contribution >= 4 is 5.91 Å². The van der Waals surface area contributed by atoms with E-state index < -0.39 is 0 Å². The van der Waals surface area contributed by atoms with Gasteiger partial charge in [-0.3, -0.25) is 4.79 Å². The van der Waals surface area contributed by atoms with Gasteiger partial charge in [0.25, 0.3) is 0 Å². The maximum Gasteiger partial charge on any atom is 0.223 e. The minimum absolute atomic E-state index is 0.290. The third-order valence-electron chi connectivity index (χ3n) is 4.86. The Balaban J connectivity index is 1.84. The molecule has 2 fully saturated rings. The highest BCUT2D eigenvalue weighted by Gasteiger charge is 2.28. The molecule has 0 spiro atoms. The number of rotatable bonds is 4. The van der Waals surface area contributed by atoms with Crippen molar-refractivity contribution < 1.29 is 4.79 Å². The Morgan fingerprint density at radius 3 is 2.89 bits per heavy atom. The molecule has 0 bridgehead atoms. The molecule has 4 heteroatoms. The first-order valence-electron chi connectivity index (χ1n) is 7.92. The molecule has 3 N–H and O–H groups in total. The van der Waals surface area contributed by atoms with Gasteiger partial charge in [0.05, 0.1) is 0 Å². The fraction of sp³-hybridized carbons (Fsp3) is 0.933. The van der Waals surface area contributed by atoms with Crippen LogP contribution in [0, 0.1) is 11.8 Å². The van der Waals surface area contributed by atoms with Crippen LogP contribution in [-0.4, -0.2) is 43.0 Å². The highest BCUT2D eigenvalue weighted by Crippen LogP contribution is 2.25. The van der Waals surface area contributed by atoms with Gasteiger partial charge < -0.3 is 16.0 Å². The summed E-state index contributed by atoms with van der Waals surface area (Å²) in [4.78, 5) is 14.5. The molecule has 2 rings (SSSR count). The number of amides is 1. The zero-order valence-corrected chi connectivity index (χ0v) is 12.2. The first-order valence-corrected chi connectivity index (χ1v) is 7.92. The molecule has 0 aromatic heterocycles. The SMILES string of the molecule is CC(CC(=O)N1CCCCC1CN)C1CCCNC1. The lowest BCUT2D eigenvalue weighted by atomic mass is 9.85. The van der Waals surface area contributed by atoms with Gasteiger partial charge in [0.1, 0.15) is 0 Å². The normalized spacial score (nSPS) is 30.1. The van der Waals surface area contributed by atoms with Gasteiger partial charge in [-0.1, -0.05) is 6.92 Å². The van der Waals surface area contributed by atoms with Crippen LogP contribution in [0.25, 0.3) is 0 Å². The van der Waals surface area contributed by atoms with Crippen LogP contribution in [0.3, 0.4) is 0 Å². The van der Waals surface area contributed by atoms with Gasteiger partial charge in [-0.05, 0) is 57.0 Å². The number of nitrogens with zero attached hydrogens (tertiary/aromatic N) is 1. The monoisotopic (exact) mass is 267 g/mol. The van der Waals surface area contributed by atoms with Gasteiger partial charge in [0.2, 0.25) is 5.91 Å². The van der Waals surface area contributed by atoms with E-state index in [1.54, 1.807) is 0 Å². The number of carbonyl (C=O) groups is 1. The van der Waals surface area contributed by atoms with Gasteiger partial charge in [0.15, 0.2) is 0 Å². The predicted octanol–water partition coefficient (Wildman–Crippen LogP) is 1.35. The lowest BCUT2D eigenvalue weighted by Crippen LogP contribution is -2.48. The van der Waals surface area contributed by atoms with E-state index in [0.717, 1.165) is 32.5 Å². The van der Waals surface area contributed by atoms with Crippen LogP contribution in [0.15, 0.2) is 0 Å². The van der Waals surface area contributed by atoms with Crippen molar-refractivity contribution in [2.24, 2.45) is 17.6 Å². The van der Waals surface area contributed by atoms with Crippen molar-refractivity contribution in [2.45, 2.75) is 51.5 Å². The largest absolute Gasteiger partial charge is 0.338 e. The topological polar surface area (TPSA) is 58.4 Å². The molecule has 19 heavy (non-hydrogen) atoms. The number of nitrogens with one attached hydrogen (secondary N) is 1. The number of nitrogens with two attached hydrogens (primary N) is 1. The first kappa shape index (κ1) is 14.8. The van der Waals surface area contributed by atoms with Gasteiger partial charge in [-0.2, -0.15) is 0 Å². The molecule has 3 atom stereocenters. The molecule has 110 valence electrons. The van der Waals surface area contributed by atoms with Crippen molar-refractivity contribution in [1.82, 2.24) is 10.2 Å². The molecular weight excluding hydrogens is 238 g/mol. The minimum atomic E-state index is 0.290. The molecule has 0 radical (unpaired) electrons. The maximum absolute atomic E-state index is 12.5. The average molecular weight is 267 g/mol. The number of piperidine rings is 2. The molecule has 2 saturated heterocycles. The summed E-state index contributed by atoms with van der Waals surface area (Å²) in [6.07, 6.45) is 6.65. The highest BCUT2D eigenvalue weighted by atomic mass is 16.2. The van der Waals surface area contributed by atoms with Crippen molar-refractivity contribution in [3.8, 4) is 0 Å². The van der Waals surface area contributed by atoms with Gasteiger partial charge in [-0.25, -0.2) is 0 Å². The van der Waals surface area contributed by atoms with Crippen molar-refractivity contribution in [3.05, 3.63) is 0 Å². The molecule has 0 aromatic carbocycles. The smallest absolute Gasteiger partial charge is 0.223 e. The van der Waals surface area contributed by atoms with Crippen LogP contribution < -0.4 is 11.1 Å². The Morgan fingerprint density at radius 2 is 2.21 bits per heavy atom. The molecule has 1 amide bonds. The van der Waals surface area contributed by atoms with E-state index in [2.05, 4.69) is 17.1 Å². The van der Waals surface area contributed by atoms with Crippen molar-refractivity contribution in [2.75, 3.05) is 26.2 Å². The third-order valence-corrected chi connectivity index (χ3v) is 4.86. The summed E-state index contributed by atoms with van der Waals surface area (Å²) in [6, 6.07) is 0.290. The molecule has 2 heterocycles. The summed E-state index contributed by atoms with van der Waals surface area (Å²) in [5, 5.41) is 3.44. The Labute approximate surface area is 117 Å². The Bertz CT molecular complexity index is 289. The second-order valence-electron chi connectivity index (χ2n) is 6.26. The average Bonchev–Trinajstić information content (AvgIpc) is 2.48. The van der Waals surface area contributed by atoms with E-state index in [0.29, 0.717) is 30.7 Å². The lowest BCUT2D eigenvalue weighted by Gasteiger charge is -2.37. The Hall–Kier alpha value is -0.610. The van der Waals surface area contributed by atoms with Crippen LogP contribution in [0.1, 0.15) is 45.4 Å². The summed E-state index contributed by atoms with van der Waals surface area (Å²) < 4.78 is 0. The van der Waals surface area contributed by atoms with Crippen LogP contribution in [0.2, 0.25) is 0 Å². The van der Waals surface area contributed by atoms with Gasteiger partial charge in [0, 0.05) is 25.6 Å². The predicted molar refractivity (Wildman–Crippen MR) is 77.8 cm³/mol. The zero-order chi connectivity index (χ0) is 13.7. The highest BCUT2D eigenvalue weighted by molar-refractivity contribution is 5.77. The fourth-order valence-corrected chi connectivity index (χ4v) is 3.50. The van der Waals surface area contributed by atoms with E-state index in [4.69, 9.17) is 5.73 Å². The standard InChI is InChI=1S/C15H29N3O/c1-12(13-5-4-7-17-11-13)9-15(19)18-8-3-2-6-14(18)10-16/h12-14,17H,2-11,16H2,1H3. The Morgan fingerprint density at radius 1 is 1.37 bits per heavy atom. The lowest BCUT2D eigenvalue weighted by molar-refractivity contribution is -0.136. The number of likely N-dealkylation sites (tertiary alicyclic amines) is 1. The second kappa shape index (κ2) is 7.25. The van der Waals surface area contributed by atoms with E-state index in [1.165, 1.54) is 19.3 Å². The van der Waals surface area contributed by atoms with Crippen molar-refractivity contribution in [1.29, 1.82) is 0 Å². The van der Waals surface area contributed by atoms with E-state index in [1.807, 2.05) is 0 Å². The minimum Gasteiger partial charge on any atom is -0.338 e. The van der Waals surface area contributed by atoms with E-state index in [-0.39, 0.29) is 6.04 Å². The zero-order valence-electron chi connectivity index (χ0n) is 12.2. The molecule has 0 saturated carbocycles. The Kier molecular flexibility index (Phi) is 5.64. The van der Waals surface area contributed by atoms with Gasteiger partial charge in [-0.15, -0.1) is 0 Å². The number of hydrogen-bond acceptors (Lipinski definition) is 3. The van der Waals surface area contributed by atoms with Crippen LogP contribution in [0.4, 0.5) is 0 Å². The molecule has 2 aliphatic heterocycles. The summed E-state index contributed by atoms with van der Waals surface area (Å²) in [5.74, 6) is 1.48. The maximum atomic E-state index is 12.5. The summed E-state index contributed by atoms with van der Waals surface area (Å²) >= 11 is 0. The third kappa shape index (κ3) is 3.93. The molecular formula is C15H29N3O. The molecule has 2 aliphatic rings. The van der Waals surface area contributed by atoms with Crippen LogP contribution in [-0.2, 0) is 4.79 Å². The van der Waals surface area contributed by atoms with E-state index >= 15 is 0 Å². The second-order valence-corrected chi connectivity index (χ2v) is 6.26. The van der Waals surface area contributed by atoms with Crippen LogP contribution in [0.5, 0.6) is 0 Å². The molecule has 0 aliphatic carbocycles. The molecule has 4 nitrogen and oxygen atoms in total. The number of hydrogen-bond donors (Lipinski definition) is 2.